The molecule has 0 bridgehead atoms. The predicted octanol–water partition coefficient (Wildman–Crippen LogP) is 6.31. The van der Waals surface area contributed by atoms with E-state index >= 15 is 0 Å². The SMILES string of the molecule is CCCC(COC(=O)c1ccccc1)C(CCC)C(CC)OC(=O)c1ccccc1. The van der Waals surface area contributed by atoms with E-state index in [1.807, 2.05) is 43.3 Å². The highest BCUT2D eigenvalue weighted by Crippen LogP contribution is 2.30. The summed E-state index contributed by atoms with van der Waals surface area (Å²) in [7, 11) is 0. The summed E-state index contributed by atoms with van der Waals surface area (Å²) in [5.41, 5.74) is 1.12. The van der Waals surface area contributed by atoms with Crippen LogP contribution in [0.5, 0.6) is 0 Å². The fourth-order valence-electron chi connectivity index (χ4n) is 3.94. The van der Waals surface area contributed by atoms with Crippen LogP contribution in [0.1, 0.15) is 73.6 Å². The lowest BCUT2D eigenvalue weighted by Crippen LogP contribution is -2.34. The second kappa shape index (κ2) is 12.8. The Morgan fingerprint density at radius 1 is 0.767 bits per heavy atom. The van der Waals surface area contributed by atoms with Gasteiger partial charge in [-0.1, -0.05) is 70.0 Å². The number of benzene rings is 2. The minimum atomic E-state index is -0.304. The standard InChI is InChI=1S/C26H34O4/c1-4-13-22(19-29-25(27)20-15-9-7-10-16-20)23(14-5-2)24(6-3)30-26(28)21-17-11-8-12-18-21/h7-12,15-18,22-24H,4-6,13-14,19H2,1-3H3. The van der Waals surface area contributed by atoms with Crippen molar-refractivity contribution in [3.8, 4) is 0 Å². The first-order chi connectivity index (χ1) is 14.6. The molecule has 0 N–H and O–H groups in total. The van der Waals surface area contributed by atoms with Gasteiger partial charge in [-0.15, -0.1) is 0 Å². The monoisotopic (exact) mass is 410 g/mol. The lowest BCUT2D eigenvalue weighted by Gasteiger charge is -2.32. The van der Waals surface area contributed by atoms with Crippen molar-refractivity contribution in [2.24, 2.45) is 11.8 Å². The first kappa shape index (κ1) is 23.7. The third-order valence-corrected chi connectivity index (χ3v) is 5.47. The van der Waals surface area contributed by atoms with Crippen molar-refractivity contribution >= 4 is 11.9 Å². The molecule has 2 rings (SSSR count). The Balaban J connectivity index is 2.10. The minimum Gasteiger partial charge on any atom is -0.462 e. The molecule has 30 heavy (non-hydrogen) atoms. The number of hydrogen-bond acceptors (Lipinski definition) is 4. The van der Waals surface area contributed by atoms with Gasteiger partial charge in [0.25, 0.3) is 0 Å². The summed E-state index contributed by atoms with van der Waals surface area (Å²) in [4.78, 5) is 25.1. The molecule has 0 aliphatic rings. The first-order valence-corrected chi connectivity index (χ1v) is 11.1. The number of rotatable bonds is 12. The van der Waals surface area contributed by atoms with Gasteiger partial charge in [-0.05, 0) is 49.4 Å². The molecule has 0 saturated heterocycles. The molecule has 4 heteroatoms. The Kier molecular flexibility index (Phi) is 10.1. The van der Waals surface area contributed by atoms with Crippen LogP contribution in [0, 0.1) is 11.8 Å². The maximum atomic E-state index is 12.6. The Morgan fingerprint density at radius 2 is 1.30 bits per heavy atom. The van der Waals surface area contributed by atoms with Crippen molar-refractivity contribution in [1.82, 2.24) is 0 Å². The number of carbonyl (C=O) groups excluding carboxylic acids is 2. The number of ether oxygens (including phenoxy) is 2. The maximum Gasteiger partial charge on any atom is 0.338 e. The van der Waals surface area contributed by atoms with E-state index in [0.29, 0.717) is 17.7 Å². The normalized spacial score (nSPS) is 13.8. The zero-order valence-corrected chi connectivity index (χ0v) is 18.4. The molecule has 4 nitrogen and oxygen atoms in total. The third-order valence-electron chi connectivity index (χ3n) is 5.47. The largest absolute Gasteiger partial charge is 0.462 e. The number of carbonyl (C=O) groups is 2. The van der Waals surface area contributed by atoms with E-state index in [0.717, 1.165) is 32.1 Å². The number of esters is 2. The van der Waals surface area contributed by atoms with Crippen molar-refractivity contribution in [3.05, 3.63) is 71.8 Å². The zero-order valence-electron chi connectivity index (χ0n) is 18.4. The molecular weight excluding hydrogens is 376 g/mol. The quantitative estimate of drug-likeness (QED) is 0.385. The van der Waals surface area contributed by atoms with Gasteiger partial charge in [0, 0.05) is 5.92 Å². The Hall–Kier alpha value is -2.62. The van der Waals surface area contributed by atoms with Gasteiger partial charge in [0.1, 0.15) is 6.10 Å². The molecule has 162 valence electrons. The van der Waals surface area contributed by atoms with Crippen LogP contribution >= 0.6 is 0 Å². The highest BCUT2D eigenvalue weighted by molar-refractivity contribution is 5.89. The van der Waals surface area contributed by atoms with Crippen LogP contribution in [-0.2, 0) is 9.47 Å². The lowest BCUT2D eigenvalue weighted by atomic mass is 9.81. The molecule has 0 amide bonds. The Bertz CT molecular complexity index is 757. The molecule has 0 radical (unpaired) electrons. The van der Waals surface area contributed by atoms with E-state index in [1.54, 1.807) is 24.3 Å². The van der Waals surface area contributed by atoms with Crippen LogP contribution in [-0.4, -0.2) is 24.6 Å². The van der Waals surface area contributed by atoms with E-state index in [4.69, 9.17) is 9.47 Å². The van der Waals surface area contributed by atoms with Crippen LogP contribution in [0.2, 0.25) is 0 Å². The molecule has 2 aromatic rings. The van der Waals surface area contributed by atoms with Gasteiger partial charge in [-0.2, -0.15) is 0 Å². The third kappa shape index (κ3) is 7.01. The molecule has 0 heterocycles. The van der Waals surface area contributed by atoms with Crippen molar-refractivity contribution in [2.75, 3.05) is 6.61 Å². The fraction of sp³-hybridized carbons (Fsp3) is 0.462. The van der Waals surface area contributed by atoms with E-state index < -0.39 is 0 Å². The molecule has 0 aromatic heterocycles. The van der Waals surface area contributed by atoms with Crippen molar-refractivity contribution in [2.45, 2.75) is 59.0 Å². The molecule has 0 aliphatic carbocycles. The van der Waals surface area contributed by atoms with Gasteiger partial charge in [0.15, 0.2) is 0 Å². The summed E-state index contributed by atoms with van der Waals surface area (Å²) in [6, 6.07) is 18.2. The van der Waals surface area contributed by atoms with Crippen LogP contribution in [0.3, 0.4) is 0 Å². The zero-order chi connectivity index (χ0) is 21.8. The van der Waals surface area contributed by atoms with E-state index in [2.05, 4.69) is 13.8 Å². The smallest absolute Gasteiger partial charge is 0.338 e. The molecular formula is C26H34O4. The molecule has 0 saturated carbocycles. The summed E-state index contributed by atoms with van der Waals surface area (Å²) >= 11 is 0. The summed E-state index contributed by atoms with van der Waals surface area (Å²) in [6.07, 6.45) is 4.34. The lowest BCUT2D eigenvalue weighted by molar-refractivity contribution is -0.0145. The Morgan fingerprint density at radius 3 is 1.80 bits per heavy atom. The maximum absolute atomic E-state index is 12.6. The van der Waals surface area contributed by atoms with Gasteiger partial charge in [0.2, 0.25) is 0 Å². The average molecular weight is 411 g/mol. The van der Waals surface area contributed by atoms with Crippen LogP contribution in [0.4, 0.5) is 0 Å². The predicted molar refractivity (Wildman–Crippen MR) is 119 cm³/mol. The van der Waals surface area contributed by atoms with Crippen LogP contribution in [0.15, 0.2) is 60.7 Å². The topological polar surface area (TPSA) is 52.6 Å². The van der Waals surface area contributed by atoms with Crippen molar-refractivity contribution in [3.63, 3.8) is 0 Å². The summed E-state index contributed by atoms with van der Waals surface area (Å²) in [5, 5.41) is 0. The molecule has 0 fully saturated rings. The first-order valence-electron chi connectivity index (χ1n) is 11.1. The van der Waals surface area contributed by atoms with E-state index in [9.17, 15) is 9.59 Å². The van der Waals surface area contributed by atoms with E-state index in [-0.39, 0.29) is 29.9 Å². The van der Waals surface area contributed by atoms with Crippen LogP contribution < -0.4 is 0 Å². The fourth-order valence-corrected chi connectivity index (χ4v) is 3.94. The minimum absolute atomic E-state index is 0.149. The summed E-state index contributed by atoms with van der Waals surface area (Å²) in [6.45, 7) is 6.65. The van der Waals surface area contributed by atoms with Gasteiger partial charge in [-0.25, -0.2) is 9.59 Å². The molecule has 3 unspecified atom stereocenters. The van der Waals surface area contributed by atoms with Gasteiger partial charge in [-0.3, -0.25) is 0 Å². The van der Waals surface area contributed by atoms with Gasteiger partial charge >= 0.3 is 11.9 Å². The second-order valence-electron chi connectivity index (χ2n) is 7.68. The summed E-state index contributed by atoms with van der Waals surface area (Å²) < 4.78 is 11.6. The molecule has 0 spiro atoms. The van der Waals surface area contributed by atoms with Crippen molar-refractivity contribution < 1.29 is 19.1 Å². The molecule has 2 aromatic carbocycles. The van der Waals surface area contributed by atoms with Crippen LogP contribution in [0.25, 0.3) is 0 Å². The van der Waals surface area contributed by atoms with Crippen molar-refractivity contribution in [1.29, 1.82) is 0 Å². The second-order valence-corrected chi connectivity index (χ2v) is 7.68. The molecule has 0 aliphatic heterocycles. The Labute approximate surface area is 180 Å². The highest BCUT2D eigenvalue weighted by Gasteiger charge is 2.31. The molecule has 3 atom stereocenters. The average Bonchev–Trinajstić information content (AvgIpc) is 2.79. The number of hydrogen-bond donors (Lipinski definition) is 0. The van der Waals surface area contributed by atoms with E-state index in [1.165, 1.54) is 0 Å². The van der Waals surface area contributed by atoms with Gasteiger partial charge in [0.05, 0.1) is 17.7 Å². The summed E-state index contributed by atoms with van der Waals surface area (Å²) in [5.74, 6) is -0.298. The van der Waals surface area contributed by atoms with Gasteiger partial charge < -0.3 is 9.47 Å². The highest BCUT2D eigenvalue weighted by atomic mass is 16.5.